The molecule has 1 heterocycles. The van der Waals surface area contributed by atoms with E-state index in [-0.39, 0.29) is 11.4 Å². The van der Waals surface area contributed by atoms with Crippen molar-refractivity contribution in [1.29, 1.82) is 0 Å². The normalized spacial score (nSPS) is 10.7. The third-order valence-electron chi connectivity index (χ3n) is 2.97. The lowest BCUT2D eigenvalue weighted by Crippen LogP contribution is -1.95. The average Bonchev–Trinajstić information content (AvgIpc) is 2.83. The summed E-state index contributed by atoms with van der Waals surface area (Å²) < 4.78 is 0. The van der Waals surface area contributed by atoms with E-state index in [4.69, 9.17) is 5.73 Å². The molecule has 0 amide bonds. The summed E-state index contributed by atoms with van der Waals surface area (Å²) in [5.41, 5.74) is 7.86. The Morgan fingerprint density at radius 3 is 2.79 bits per heavy atom. The van der Waals surface area contributed by atoms with Crippen LogP contribution >= 0.6 is 0 Å². The number of nitrogens with two attached hydrogens (primary N) is 1. The van der Waals surface area contributed by atoms with Crippen LogP contribution < -0.4 is 5.73 Å². The lowest BCUT2D eigenvalue weighted by molar-refractivity contribution is -0.383. The molecule has 0 spiro atoms. The fourth-order valence-electron chi connectivity index (χ4n) is 2.03. The van der Waals surface area contributed by atoms with E-state index in [0.717, 1.165) is 10.9 Å². The van der Waals surface area contributed by atoms with Gasteiger partial charge in [0.1, 0.15) is 11.4 Å². The van der Waals surface area contributed by atoms with Gasteiger partial charge in [-0.3, -0.25) is 15.2 Å². The maximum absolute atomic E-state index is 10.9. The number of hydrogen-bond donors (Lipinski definition) is 2. The van der Waals surface area contributed by atoms with Crippen molar-refractivity contribution in [2.24, 2.45) is 0 Å². The van der Waals surface area contributed by atoms with Crippen LogP contribution in [0.15, 0.2) is 42.5 Å². The third kappa shape index (κ3) is 1.79. The average molecular weight is 254 g/mol. The first kappa shape index (κ1) is 11.2. The largest absolute Gasteiger partial charge is 0.393 e. The van der Waals surface area contributed by atoms with E-state index in [1.807, 2.05) is 24.3 Å². The Balaban J connectivity index is 2.22. The summed E-state index contributed by atoms with van der Waals surface area (Å²) in [5, 5.41) is 18.9. The first-order valence-corrected chi connectivity index (χ1v) is 5.64. The third-order valence-corrected chi connectivity index (χ3v) is 2.97. The number of rotatable bonds is 2. The van der Waals surface area contributed by atoms with E-state index < -0.39 is 4.92 Å². The maximum atomic E-state index is 10.9. The van der Waals surface area contributed by atoms with E-state index in [0.29, 0.717) is 11.3 Å². The predicted octanol–water partition coefficient (Wildman–Crippen LogP) is 2.72. The molecule has 1 aromatic heterocycles. The number of benzene rings is 2. The van der Waals surface area contributed by atoms with Gasteiger partial charge in [0.2, 0.25) is 0 Å². The number of H-pyrrole nitrogens is 1. The van der Waals surface area contributed by atoms with Gasteiger partial charge in [-0.15, -0.1) is 0 Å². The number of fused-ring (bicyclic) bond motifs is 1. The van der Waals surface area contributed by atoms with Crippen LogP contribution in [0.5, 0.6) is 0 Å². The summed E-state index contributed by atoms with van der Waals surface area (Å²) in [5.74, 6) is 0. The number of nitrogen functional groups attached to an aromatic ring is 1. The standard InChI is InChI=1S/C13H10N4O2/c14-10-6-5-8(7-12(10)17(18)19)13-9-3-1-2-4-11(9)15-16-13/h1-7H,14H2,(H,15,16). The fourth-order valence-corrected chi connectivity index (χ4v) is 2.03. The second-order valence-corrected chi connectivity index (χ2v) is 4.15. The maximum Gasteiger partial charge on any atom is 0.292 e. The summed E-state index contributed by atoms with van der Waals surface area (Å²) in [6.45, 7) is 0. The second-order valence-electron chi connectivity index (χ2n) is 4.15. The van der Waals surface area contributed by atoms with Crippen molar-refractivity contribution in [2.45, 2.75) is 0 Å². The number of nitrogens with zero attached hydrogens (tertiary/aromatic N) is 2. The van der Waals surface area contributed by atoms with Crippen LogP contribution in [-0.4, -0.2) is 15.1 Å². The molecule has 94 valence electrons. The molecule has 0 atom stereocenters. The lowest BCUT2D eigenvalue weighted by Gasteiger charge is -2.01. The molecule has 6 heteroatoms. The molecule has 0 aliphatic rings. The minimum atomic E-state index is -0.492. The van der Waals surface area contributed by atoms with E-state index >= 15 is 0 Å². The van der Waals surface area contributed by atoms with Gasteiger partial charge in [0.05, 0.1) is 10.4 Å². The molecule has 0 bridgehead atoms. The Hall–Kier alpha value is -2.89. The van der Waals surface area contributed by atoms with E-state index in [1.54, 1.807) is 6.07 Å². The van der Waals surface area contributed by atoms with Crippen molar-refractivity contribution in [3.63, 3.8) is 0 Å². The highest BCUT2D eigenvalue weighted by atomic mass is 16.6. The van der Waals surface area contributed by atoms with E-state index in [9.17, 15) is 10.1 Å². The highest BCUT2D eigenvalue weighted by molar-refractivity contribution is 5.93. The second kappa shape index (κ2) is 4.09. The van der Waals surface area contributed by atoms with E-state index in [1.165, 1.54) is 12.1 Å². The summed E-state index contributed by atoms with van der Waals surface area (Å²) in [4.78, 5) is 10.4. The molecule has 19 heavy (non-hydrogen) atoms. The molecule has 2 aromatic carbocycles. The van der Waals surface area contributed by atoms with Gasteiger partial charge in [-0.25, -0.2) is 0 Å². The zero-order valence-electron chi connectivity index (χ0n) is 9.83. The molecule has 0 saturated heterocycles. The molecule has 0 radical (unpaired) electrons. The summed E-state index contributed by atoms with van der Waals surface area (Å²) in [6.07, 6.45) is 0. The van der Waals surface area contributed by atoms with Gasteiger partial charge in [0, 0.05) is 17.0 Å². The molecule has 3 N–H and O–H groups in total. The van der Waals surface area contributed by atoms with Crippen molar-refractivity contribution in [3.8, 4) is 11.3 Å². The summed E-state index contributed by atoms with van der Waals surface area (Å²) in [6, 6.07) is 12.3. The SMILES string of the molecule is Nc1ccc(-c2n[nH]c3ccccc23)cc1[N+](=O)[O-]. The molecule has 0 aliphatic carbocycles. The van der Waals surface area contributed by atoms with Gasteiger partial charge in [0.25, 0.3) is 5.69 Å². The first-order valence-electron chi connectivity index (χ1n) is 5.64. The lowest BCUT2D eigenvalue weighted by atomic mass is 10.1. The number of nitro benzene ring substituents is 1. The molecule has 0 fully saturated rings. The molecule has 0 aliphatic heterocycles. The molecule has 6 nitrogen and oxygen atoms in total. The van der Waals surface area contributed by atoms with Crippen LogP contribution in [0.2, 0.25) is 0 Å². The van der Waals surface area contributed by atoms with Crippen LogP contribution in [0, 0.1) is 10.1 Å². The quantitative estimate of drug-likeness (QED) is 0.417. The molecule has 3 aromatic rings. The van der Waals surface area contributed by atoms with E-state index in [2.05, 4.69) is 10.2 Å². The Labute approximate surface area is 108 Å². The molecular weight excluding hydrogens is 244 g/mol. The number of aromatic amines is 1. The molecule has 0 saturated carbocycles. The van der Waals surface area contributed by atoms with Gasteiger partial charge in [-0.05, 0) is 12.1 Å². The zero-order chi connectivity index (χ0) is 13.4. The smallest absolute Gasteiger partial charge is 0.292 e. The number of nitrogens with one attached hydrogen (secondary N) is 1. The topological polar surface area (TPSA) is 97.8 Å². The fraction of sp³-hybridized carbons (Fsp3) is 0. The summed E-state index contributed by atoms with van der Waals surface area (Å²) in [7, 11) is 0. The van der Waals surface area contributed by atoms with Gasteiger partial charge in [-0.2, -0.15) is 5.10 Å². The number of para-hydroxylation sites is 1. The van der Waals surface area contributed by atoms with Crippen molar-refractivity contribution < 1.29 is 4.92 Å². The summed E-state index contributed by atoms with van der Waals surface area (Å²) >= 11 is 0. The van der Waals surface area contributed by atoms with Gasteiger partial charge in [0.15, 0.2) is 0 Å². The highest BCUT2D eigenvalue weighted by Gasteiger charge is 2.15. The molecule has 3 rings (SSSR count). The van der Waals surface area contributed by atoms with Crippen molar-refractivity contribution in [3.05, 3.63) is 52.6 Å². The Bertz CT molecular complexity index is 779. The van der Waals surface area contributed by atoms with Gasteiger partial charge in [-0.1, -0.05) is 24.3 Å². The molecule has 0 unspecified atom stereocenters. The Kier molecular flexibility index (Phi) is 2.42. The number of anilines is 1. The van der Waals surface area contributed by atoms with Crippen LogP contribution in [0.25, 0.3) is 22.2 Å². The van der Waals surface area contributed by atoms with Gasteiger partial charge < -0.3 is 5.73 Å². The predicted molar refractivity (Wildman–Crippen MR) is 72.6 cm³/mol. The Morgan fingerprint density at radius 1 is 1.21 bits per heavy atom. The number of nitro groups is 1. The minimum Gasteiger partial charge on any atom is -0.393 e. The van der Waals surface area contributed by atoms with Crippen molar-refractivity contribution in [2.75, 3.05) is 5.73 Å². The zero-order valence-corrected chi connectivity index (χ0v) is 9.83. The minimum absolute atomic E-state index is 0.107. The number of hydrogen-bond acceptors (Lipinski definition) is 4. The molecular formula is C13H10N4O2. The van der Waals surface area contributed by atoms with Crippen LogP contribution in [0.4, 0.5) is 11.4 Å². The monoisotopic (exact) mass is 254 g/mol. The van der Waals surface area contributed by atoms with Crippen LogP contribution in [0.1, 0.15) is 0 Å². The van der Waals surface area contributed by atoms with Gasteiger partial charge >= 0.3 is 0 Å². The highest BCUT2D eigenvalue weighted by Crippen LogP contribution is 2.31. The van der Waals surface area contributed by atoms with Crippen LogP contribution in [0.3, 0.4) is 0 Å². The van der Waals surface area contributed by atoms with Crippen LogP contribution in [-0.2, 0) is 0 Å². The number of aromatic nitrogens is 2. The van der Waals surface area contributed by atoms with Crippen molar-refractivity contribution >= 4 is 22.3 Å². The first-order chi connectivity index (χ1) is 9.16. The Morgan fingerprint density at radius 2 is 2.00 bits per heavy atom. The van der Waals surface area contributed by atoms with Crippen molar-refractivity contribution in [1.82, 2.24) is 10.2 Å².